The lowest BCUT2D eigenvalue weighted by molar-refractivity contribution is 0.102. The highest BCUT2D eigenvalue weighted by Crippen LogP contribution is 2.33. The fraction of sp³-hybridized carbons (Fsp3) is 0.222. The summed E-state index contributed by atoms with van der Waals surface area (Å²) in [5.41, 5.74) is 2.32. The molecule has 1 aliphatic rings. The lowest BCUT2D eigenvalue weighted by Crippen LogP contribution is -2.36. The van der Waals surface area contributed by atoms with Crippen LogP contribution < -0.4 is 0 Å². The Bertz CT molecular complexity index is 875. The summed E-state index contributed by atoms with van der Waals surface area (Å²) in [5.74, 6) is 0. The van der Waals surface area contributed by atoms with Gasteiger partial charge < -0.3 is 4.74 Å². The molecule has 0 bridgehead atoms. The quantitative estimate of drug-likeness (QED) is 0.818. The second kappa shape index (κ2) is 6.49. The molecule has 1 aliphatic heterocycles. The van der Waals surface area contributed by atoms with Gasteiger partial charge in [-0.3, -0.25) is 4.31 Å². The number of sulfonamides is 1. The molecule has 0 saturated carbocycles. The Morgan fingerprint density at radius 2 is 1.75 bits per heavy atom. The van der Waals surface area contributed by atoms with Crippen LogP contribution in [0.3, 0.4) is 0 Å². The Balaban J connectivity index is 1.95. The van der Waals surface area contributed by atoms with Crippen LogP contribution in [0, 0.1) is 6.92 Å². The predicted octanol–water partition coefficient (Wildman–Crippen LogP) is 4.27. The molecule has 6 heteroatoms. The van der Waals surface area contributed by atoms with E-state index in [1.165, 1.54) is 10.6 Å². The van der Waals surface area contributed by atoms with Crippen molar-refractivity contribution in [1.29, 1.82) is 0 Å². The van der Waals surface area contributed by atoms with Crippen molar-refractivity contribution in [1.82, 2.24) is 4.31 Å². The van der Waals surface area contributed by atoms with Crippen molar-refractivity contribution in [3.05, 3.63) is 76.6 Å². The highest BCUT2D eigenvalue weighted by atomic mass is 35.5. The van der Waals surface area contributed by atoms with Crippen molar-refractivity contribution < 1.29 is 13.2 Å². The van der Waals surface area contributed by atoms with E-state index in [1.807, 2.05) is 25.1 Å². The van der Waals surface area contributed by atoms with Gasteiger partial charge in [0.05, 0.1) is 17.1 Å². The first-order valence-corrected chi connectivity index (χ1v) is 9.37. The minimum Gasteiger partial charge on any atom is -0.490 e. The Labute approximate surface area is 147 Å². The van der Waals surface area contributed by atoms with Gasteiger partial charge in [0, 0.05) is 10.6 Å². The number of rotatable bonds is 3. The molecule has 1 atom stereocenters. The fourth-order valence-corrected chi connectivity index (χ4v) is 4.36. The van der Waals surface area contributed by atoms with E-state index in [9.17, 15) is 8.42 Å². The minimum absolute atomic E-state index is 0.183. The molecule has 126 valence electrons. The summed E-state index contributed by atoms with van der Waals surface area (Å²) >= 11 is 6.22. The van der Waals surface area contributed by atoms with Gasteiger partial charge in [-0.2, -0.15) is 0 Å². The van der Waals surface area contributed by atoms with Gasteiger partial charge in [-0.1, -0.05) is 47.5 Å². The second-order valence-electron chi connectivity index (χ2n) is 5.75. The SMILES string of the molecule is CC1=COC(c2ccccc2Cl)CN1S(=O)(=O)c1ccc(C)cc1. The average molecular weight is 364 g/mol. The van der Waals surface area contributed by atoms with E-state index in [4.69, 9.17) is 16.3 Å². The molecular weight excluding hydrogens is 346 g/mol. The molecule has 2 aromatic carbocycles. The number of nitrogens with zero attached hydrogens (tertiary/aromatic N) is 1. The van der Waals surface area contributed by atoms with E-state index in [-0.39, 0.29) is 11.4 Å². The van der Waals surface area contributed by atoms with Gasteiger partial charge in [0.25, 0.3) is 10.0 Å². The number of hydrogen-bond donors (Lipinski definition) is 0. The van der Waals surface area contributed by atoms with E-state index in [1.54, 1.807) is 37.3 Å². The van der Waals surface area contributed by atoms with Gasteiger partial charge in [0.1, 0.15) is 12.4 Å². The van der Waals surface area contributed by atoms with Crippen molar-refractivity contribution in [3.8, 4) is 0 Å². The first-order chi connectivity index (χ1) is 11.4. The largest absolute Gasteiger partial charge is 0.490 e. The molecule has 0 fully saturated rings. The van der Waals surface area contributed by atoms with Gasteiger partial charge in [-0.05, 0) is 32.0 Å². The first kappa shape index (κ1) is 16.9. The number of hydrogen-bond acceptors (Lipinski definition) is 3. The Kier molecular flexibility index (Phi) is 4.56. The highest BCUT2D eigenvalue weighted by molar-refractivity contribution is 7.89. The van der Waals surface area contributed by atoms with Crippen molar-refractivity contribution in [2.75, 3.05) is 6.54 Å². The van der Waals surface area contributed by atoms with Gasteiger partial charge in [0.2, 0.25) is 0 Å². The molecular formula is C18H18ClNO3S. The summed E-state index contributed by atoms with van der Waals surface area (Å²) in [6, 6.07) is 14.1. The van der Waals surface area contributed by atoms with Crippen molar-refractivity contribution >= 4 is 21.6 Å². The summed E-state index contributed by atoms with van der Waals surface area (Å²) < 4.78 is 33.0. The van der Waals surface area contributed by atoms with Crippen LogP contribution in [0.25, 0.3) is 0 Å². The molecule has 0 aliphatic carbocycles. The smallest absolute Gasteiger partial charge is 0.264 e. The normalized spacial score (nSPS) is 18.0. The molecule has 2 aromatic rings. The average Bonchev–Trinajstić information content (AvgIpc) is 2.56. The van der Waals surface area contributed by atoms with Crippen LogP contribution in [0.5, 0.6) is 0 Å². The lowest BCUT2D eigenvalue weighted by atomic mass is 10.1. The fourth-order valence-electron chi connectivity index (χ4n) is 2.61. The monoisotopic (exact) mass is 363 g/mol. The summed E-state index contributed by atoms with van der Waals surface area (Å²) in [4.78, 5) is 0.264. The maximum absolute atomic E-state index is 13.0. The van der Waals surface area contributed by atoms with Gasteiger partial charge in [-0.15, -0.1) is 0 Å². The van der Waals surface area contributed by atoms with Crippen LogP contribution in [0.4, 0.5) is 0 Å². The molecule has 0 spiro atoms. The lowest BCUT2D eigenvalue weighted by Gasteiger charge is -2.33. The number of aryl methyl sites for hydroxylation is 1. The summed E-state index contributed by atoms with van der Waals surface area (Å²) in [5, 5.41) is 0.558. The Hall–Kier alpha value is -1.98. The van der Waals surface area contributed by atoms with Crippen LogP contribution in [-0.4, -0.2) is 19.3 Å². The molecule has 0 radical (unpaired) electrons. The topological polar surface area (TPSA) is 46.6 Å². The zero-order valence-corrected chi connectivity index (χ0v) is 15.0. The third-order valence-corrected chi connectivity index (χ3v) is 6.22. The van der Waals surface area contributed by atoms with Crippen molar-refractivity contribution in [2.45, 2.75) is 24.8 Å². The Morgan fingerprint density at radius 3 is 2.42 bits per heavy atom. The molecule has 0 saturated heterocycles. The first-order valence-electron chi connectivity index (χ1n) is 7.55. The van der Waals surface area contributed by atoms with Gasteiger partial charge in [-0.25, -0.2) is 8.42 Å². The maximum Gasteiger partial charge on any atom is 0.264 e. The van der Waals surface area contributed by atoms with Crippen LogP contribution in [-0.2, 0) is 14.8 Å². The van der Waals surface area contributed by atoms with Gasteiger partial charge in [0.15, 0.2) is 0 Å². The molecule has 4 nitrogen and oxygen atoms in total. The van der Waals surface area contributed by atoms with E-state index >= 15 is 0 Å². The molecule has 0 N–H and O–H groups in total. The van der Waals surface area contributed by atoms with Crippen LogP contribution in [0.2, 0.25) is 5.02 Å². The van der Waals surface area contributed by atoms with Crippen molar-refractivity contribution in [2.24, 2.45) is 0 Å². The number of allylic oxidation sites excluding steroid dienone is 1. The molecule has 3 rings (SSSR count). The molecule has 0 aromatic heterocycles. The van der Waals surface area contributed by atoms with Crippen LogP contribution in [0.15, 0.2) is 65.4 Å². The molecule has 1 heterocycles. The number of ether oxygens (including phenoxy) is 1. The summed E-state index contributed by atoms with van der Waals surface area (Å²) in [7, 11) is -3.64. The van der Waals surface area contributed by atoms with E-state index in [0.717, 1.165) is 11.1 Å². The van der Waals surface area contributed by atoms with E-state index in [0.29, 0.717) is 10.7 Å². The van der Waals surface area contributed by atoms with Gasteiger partial charge >= 0.3 is 0 Å². The third kappa shape index (κ3) is 3.14. The van der Waals surface area contributed by atoms with Crippen LogP contribution in [0.1, 0.15) is 24.2 Å². The van der Waals surface area contributed by atoms with Crippen molar-refractivity contribution in [3.63, 3.8) is 0 Å². The second-order valence-corrected chi connectivity index (χ2v) is 8.02. The molecule has 0 amide bonds. The molecule has 1 unspecified atom stereocenters. The number of benzene rings is 2. The van der Waals surface area contributed by atoms with Crippen LogP contribution >= 0.6 is 11.6 Å². The Morgan fingerprint density at radius 1 is 1.08 bits per heavy atom. The molecule has 24 heavy (non-hydrogen) atoms. The third-order valence-electron chi connectivity index (χ3n) is 3.99. The summed E-state index contributed by atoms with van der Waals surface area (Å²) in [6.45, 7) is 3.82. The number of halogens is 1. The summed E-state index contributed by atoms with van der Waals surface area (Å²) in [6.07, 6.45) is 1.03. The highest BCUT2D eigenvalue weighted by Gasteiger charge is 2.32. The zero-order valence-electron chi connectivity index (χ0n) is 13.4. The predicted molar refractivity (Wildman–Crippen MR) is 94.1 cm³/mol. The van der Waals surface area contributed by atoms with E-state index < -0.39 is 16.1 Å². The van der Waals surface area contributed by atoms with E-state index in [2.05, 4.69) is 0 Å². The maximum atomic E-state index is 13.0. The standard InChI is InChI=1S/C18H18ClNO3S/c1-13-7-9-15(10-8-13)24(21,22)20-11-18(23-12-14(20)2)16-5-3-4-6-17(16)19/h3-10,12,18H,11H2,1-2H3. The minimum atomic E-state index is -3.64. The zero-order chi connectivity index (χ0) is 17.3.